The van der Waals surface area contributed by atoms with E-state index in [-0.39, 0.29) is 12.5 Å². The molecule has 3 N–H and O–H groups in total. The number of anilines is 1. The summed E-state index contributed by atoms with van der Waals surface area (Å²) in [6.45, 7) is 2.94. The lowest BCUT2D eigenvalue weighted by Gasteiger charge is -2.27. The Bertz CT molecular complexity index is 455. The fraction of sp³-hybridized carbons (Fsp3) is 0.417. The SMILES string of the molecule is O=C(O)Cc1ccc(NC(=O)N2CCNCC2)cn1. The Morgan fingerprint density at radius 2 is 2.11 bits per heavy atom. The van der Waals surface area contributed by atoms with E-state index >= 15 is 0 Å². The van der Waals surface area contributed by atoms with E-state index in [1.165, 1.54) is 6.20 Å². The molecule has 0 aromatic carbocycles. The number of carbonyl (C=O) groups excluding carboxylic acids is 1. The maximum Gasteiger partial charge on any atom is 0.321 e. The van der Waals surface area contributed by atoms with Crippen LogP contribution < -0.4 is 10.6 Å². The first-order chi connectivity index (χ1) is 9.15. The van der Waals surface area contributed by atoms with Crippen LogP contribution in [-0.2, 0) is 11.2 Å². The first kappa shape index (κ1) is 13.3. The van der Waals surface area contributed by atoms with Crippen molar-refractivity contribution in [1.29, 1.82) is 0 Å². The molecular weight excluding hydrogens is 248 g/mol. The Kier molecular flexibility index (Phi) is 4.30. The molecule has 0 spiro atoms. The van der Waals surface area contributed by atoms with Crippen molar-refractivity contribution in [3.05, 3.63) is 24.0 Å². The van der Waals surface area contributed by atoms with Crippen LogP contribution in [0.3, 0.4) is 0 Å². The Morgan fingerprint density at radius 1 is 1.37 bits per heavy atom. The number of aliphatic carboxylic acids is 1. The fourth-order valence-corrected chi connectivity index (χ4v) is 1.83. The Hall–Kier alpha value is -2.15. The molecule has 7 heteroatoms. The highest BCUT2D eigenvalue weighted by atomic mass is 16.4. The number of piperazine rings is 1. The summed E-state index contributed by atoms with van der Waals surface area (Å²) >= 11 is 0. The zero-order valence-corrected chi connectivity index (χ0v) is 10.4. The van der Waals surface area contributed by atoms with Crippen LogP contribution in [0.5, 0.6) is 0 Å². The summed E-state index contributed by atoms with van der Waals surface area (Å²) in [6.07, 6.45) is 1.35. The average Bonchev–Trinajstić information content (AvgIpc) is 2.41. The molecule has 0 unspecified atom stereocenters. The van der Waals surface area contributed by atoms with Gasteiger partial charge in [0.1, 0.15) is 0 Å². The lowest BCUT2D eigenvalue weighted by Crippen LogP contribution is -2.48. The minimum atomic E-state index is -0.926. The maximum absolute atomic E-state index is 11.9. The normalized spacial score (nSPS) is 15.1. The Labute approximate surface area is 110 Å². The van der Waals surface area contributed by atoms with Crippen molar-refractivity contribution >= 4 is 17.7 Å². The number of hydrogen-bond acceptors (Lipinski definition) is 4. The summed E-state index contributed by atoms with van der Waals surface area (Å²) in [5.41, 5.74) is 1.03. The summed E-state index contributed by atoms with van der Waals surface area (Å²) in [5, 5.41) is 14.5. The van der Waals surface area contributed by atoms with Gasteiger partial charge in [-0.2, -0.15) is 0 Å². The maximum atomic E-state index is 11.9. The van der Waals surface area contributed by atoms with Crippen molar-refractivity contribution < 1.29 is 14.7 Å². The molecule has 1 aromatic rings. The molecule has 19 heavy (non-hydrogen) atoms. The van der Waals surface area contributed by atoms with Gasteiger partial charge in [-0.15, -0.1) is 0 Å². The molecule has 102 valence electrons. The molecule has 1 aliphatic rings. The van der Waals surface area contributed by atoms with E-state index in [0.29, 0.717) is 24.5 Å². The van der Waals surface area contributed by atoms with Crippen molar-refractivity contribution in [3.8, 4) is 0 Å². The van der Waals surface area contributed by atoms with Crippen LogP contribution >= 0.6 is 0 Å². The monoisotopic (exact) mass is 264 g/mol. The third kappa shape index (κ3) is 3.92. The number of carboxylic acid groups (broad SMARTS) is 1. The summed E-state index contributed by atoms with van der Waals surface area (Å²) in [4.78, 5) is 28.1. The second-order valence-corrected chi connectivity index (χ2v) is 4.28. The number of hydrogen-bond donors (Lipinski definition) is 3. The Balaban J connectivity index is 1.91. The lowest BCUT2D eigenvalue weighted by atomic mass is 10.2. The van der Waals surface area contributed by atoms with Gasteiger partial charge >= 0.3 is 12.0 Å². The lowest BCUT2D eigenvalue weighted by molar-refractivity contribution is -0.136. The van der Waals surface area contributed by atoms with Crippen LogP contribution in [0.4, 0.5) is 10.5 Å². The van der Waals surface area contributed by atoms with Gasteiger partial charge in [-0.3, -0.25) is 9.78 Å². The highest BCUT2D eigenvalue weighted by molar-refractivity contribution is 5.89. The van der Waals surface area contributed by atoms with Gasteiger partial charge in [0, 0.05) is 26.2 Å². The topological polar surface area (TPSA) is 94.6 Å². The molecule has 1 fully saturated rings. The second-order valence-electron chi connectivity index (χ2n) is 4.28. The quantitative estimate of drug-likeness (QED) is 0.722. The molecule has 0 bridgehead atoms. The molecule has 0 saturated carbocycles. The summed E-state index contributed by atoms with van der Waals surface area (Å²) in [7, 11) is 0. The molecule has 2 rings (SSSR count). The molecule has 2 heterocycles. The number of urea groups is 1. The molecular formula is C12H16N4O3. The highest BCUT2D eigenvalue weighted by Gasteiger charge is 2.16. The molecule has 1 saturated heterocycles. The molecule has 1 aliphatic heterocycles. The minimum absolute atomic E-state index is 0.119. The summed E-state index contributed by atoms with van der Waals surface area (Å²) in [6, 6.07) is 3.10. The van der Waals surface area contributed by atoms with Crippen molar-refractivity contribution in [1.82, 2.24) is 15.2 Å². The molecule has 0 atom stereocenters. The van der Waals surface area contributed by atoms with Crippen LogP contribution in [0.25, 0.3) is 0 Å². The van der Waals surface area contributed by atoms with Crippen LogP contribution in [-0.4, -0.2) is 53.2 Å². The minimum Gasteiger partial charge on any atom is -0.481 e. The zero-order valence-electron chi connectivity index (χ0n) is 10.4. The number of nitrogens with one attached hydrogen (secondary N) is 2. The van der Waals surface area contributed by atoms with E-state index < -0.39 is 5.97 Å². The van der Waals surface area contributed by atoms with Gasteiger partial charge in [-0.05, 0) is 12.1 Å². The highest BCUT2D eigenvalue weighted by Crippen LogP contribution is 2.08. The van der Waals surface area contributed by atoms with Crippen LogP contribution in [0, 0.1) is 0 Å². The van der Waals surface area contributed by atoms with E-state index in [9.17, 15) is 9.59 Å². The number of nitrogens with zero attached hydrogens (tertiary/aromatic N) is 2. The van der Waals surface area contributed by atoms with Crippen LogP contribution in [0.15, 0.2) is 18.3 Å². The van der Waals surface area contributed by atoms with Gasteiger partial charge in [-0.25, -0.2) is 4.79 Å². The number of pyridine rings is 1. The molecule has 0 aliphatic carbocycles. The molecule has 0 radical (unpaired) electrons. The van der Waals surface area contributed by atoms with Crippen molar-refractivity contribution in [2.45, 2.75) is 6.42 Å². The summed E-state index contributed by atoms with van der Waals surface area (Å²) in [5.74, 6) is -0.926. The van der Waals surface area contributed by atoms with Gasteiger partial charge < -0.3 is 20.6 Å². The third-order valence-electron chi connectivity index (χ3n) is 2.81. The first-order valence-corrected chi connectivity index (χ1v) is 6.08. The molecule has 7 nitrogen and oxygen atoms in total. The predicted molar refractivity (Wildman–Crippen MR) is 69.0 cm³/mol. The number of amides is 2. The van der Waals surface area contributed by atoms with Gasteiger partial charge in [0.2, 0.25) is 0 Å². The van der Waals surface area contributed by atoms with Crippen molar-refractivity contribution in [3.63, 3.8) is 0 Å². The van der Waals surface area contributed by atoms with Crippen molar-refractivity contribution in [2.75, 3.05) is 31.5 Å². The molecule has 1 aromatic heterocycles. The van der Waals surface area contributed by atoms with Crippen molar-refractivity contribution in [2.24, 2.45) is 0 Å². The number of carboxylic acids is 1. The standard InChI is InChI=1S/C12H16N4O3/c17-11(18)7-9-1-2-10(8-14-9)15-12(19)16-5-3-13-4-6-16/h1-2,8,13H,3-7H2,(H,15,19)(H,17,18). The number of rotatable bonds is 3. The smallest absolute Gasteiger partial charge is 0.321 e. The third-order valence-corrected chi connectivity index (χ3v) is 2.81. The average molecular weight is 264 g/mol. The first-order valence-electron chi connectivity index (χ1n) is 6.08. The van der Waals surface area contributed by atoms with E-state index in [1.54, 1.807) is 17.0 Å². The molecule has 2 amide bonds. The van der Waals surface area contributed by atoms with E-state index in [2.05, 4.69) is 15.6 Å². The van der Waals surface area contributed by atoms with E-state index in [0.717, 1.165) is 13.1 Å². The second kappa shape index (κ2) is 6.14. The fourth-order valence-electron chi connectivity index (χ4n) is 1.83. The van der Waals surface area contributed by atoms with E-state index in [1.807, 2.05) is 0 Å². The number of aromatic nitrogens is 1. The van der Waals surface area contributed by atoms with Crippen LogP contribution in [0.1, 0.15) is 5.69 Å². The predicted octanol–water partition coefficient (Wildman–Crippen LogP) is 0.146. The van der Waals surface area contributed by atoms with Gasteiger partial charge in [-0.1, -0.05) is 0 Å². The summed E-state index contributed by atoms with van der Waals surface area (Å²) < 4.78 is 0. The zero-order chi connectivity index (χ0) is 13.7. The van der Waals surface area contributed by atoms with Gasteiger partial charge in [0.05, 0.1) is 24.0 Å². The van der Waals surface area contributed by atoms with Crippen LogP contribution in [0.2, 0.25) is 0 Å². The Morgan fingerprint density at radius 3 is 2.68 bits per heavy atom. The largest absolute Gasteiger partial charge is 0.481 e. The van der Waals surface area contributed by atoms with E-state index in [4.69, 9.17) is 5.11 Å². The van der Waals surface area contributed by atoms with Gasteiger partial charge in [0.25, 0.3) is 0 Å². The number of carbonyl (C=O) groups is 2. The van der Waals surface area contributed by atoms with Gasteiger partial charge in [0.15, 0.2) is 0 Å².